The van der Waals surface area contributed by atoms with E-state index >= 15 is 0 Å². The molecule has 1 N–H and O–H groups in total. The van der Waals surface area contributed by atoms with Crippen LogP contribution < -0.4 is 5.32 Å². The fourth-order valence-corrected chi connectivity index (χ4v) is 3.23. The van der Waals surface area contributed by atoms with E-state index in [9.17, 15) is 17.6 Å². The minimum atomic E-state index is -4.51. The largest absolute Gasteiger partial charge is 0.416 e. The molecule has 0 aromatic heterocycles. The molecule has 0 atom stereocenters. The van der Waals surface area contributed by atoms with Crippen molar-refractivity contribution in [3.8, 4) is 0 Å². The first-order valence-corrected chi connectivity index (χ1v) is 9.72. The number of hydrogen-bond donors (Lipinski definition) is 1. The Hall–Kier alpha value is -2.64. The normalized spacial score (nSPS) is 11.2. The summed E-state index contributed by atoms with van der Waals surface area (Å²) < 4.78 is 53.4. The van der Waals surface area contributed by atoms with Crippen molar-refractivity contribution in [3.05, 3.63) is 100 Å². The average Bonchev–Trinajstić information content (AvgIpc) is 2.70. The maximum Gasteiger partial charge on any atom is 0.416 e. The third-order valence-corrected chi connectivity index (χ3v) is 5.05. The van der Waals surface area contributed by atoms with Crippen LogP contribution in [0.2, 0.25) is 5.02 Å². The minimum Gasteiger partial charge on any atom is -0.340 e. The van der Waals surface area contributed by atoms with Crippen LogP contribution >= 0.6 is 23.8 Å². The molecule has 0 fully saturated rings. The first kappa shape index (κ1) is 22.1. The van der Waals surface area contributed by atoms with Gasteiger partial charge in [0.1, 0.15) is 5.82 Å². The molecule has 0 unspecified atom stereocenters. The number of alkyl halides is 3. The average molecular weight is 453 g/mol. The van der Waals surface area contributed by atoms with Crippen molar-refractivity contribution in [2.75, 3.05) is 5.32 Å². The summed E-state index contributed by atoms with van der Waals surface area (Å²) in [6, 6.07) is 18.6. The predicted octanol–water partition coefficient (Wildman–Crippen LogP) is 6.90. The molecule has 2 nitrogen and oxygen atoms in total. The second kappa shape index (κ2) is 9.45. The topological polar surface area (TPSA) is 15.3 Å². The van der Waals surface area contributed by atoms with Crippen molar-refractivity contribution in [2.24, 2.45) is 0 Å². The van der Waals surface area contributed by atoms with Crippen LogP contribution in [0.3, 0.4) is 0 Å². The fraction of sp³-hybridized carbons (Fsp3) is 0.136. The Labute approximate surface area is 182 Å². The Morgan fingerprint density at radius 3 is 2.27 bits per heavy atom. The molecule has 0 spiro atoms. The van der Waals surface area contributed by atoms with Gasteiger partial charge in [0.2, 0.25) is 0 Å². The Morgan fingerprint density at radius 1 is 0.933 bits per heavy atom. The Morgan fingerprint density at radius 2 is 1.60 bits per heavy atom. The number of benzene rings is 3. The maximum absolute atomic E-state index is 14.2. The van der Waals surface area contributed by atoms with Gasteiger partial charge in [-0.05, 0) is 42.0 Å². The van der Waals surface area contributed by atoms with Crippen molar-refractivity contribution in [2.45, 2.75) is 19.3 Å². The molecular weight excluding hydrogens is 436 g/mol. The van der Waals surface area contributed by atoms with Gasteiger partial charge in [-0.2, -0.15) is 13.2 Å². The highest BCUT2D eigenvalue weighted by molar-refractivity contribution is 7.80. The van der Waals surface area contributed by atoms with Crippen molar-refractivity contribution < 1.29 is 17.6 Å². The van der Waals surface area contributed by atoms with Crippen molar-refractivity contribution in [3.63, 3.8) is 0 Å². The number of anilines is 1. The Kier molecular flexibility index (Phi) is 6.95. The molecule has 0 aliphatic carbocycles. The van der Waals surface area contributed by atoms with Crippen LogP contribution in [-0.2, 0) is 19.3 Å². The molecule has 0 heterocycles. The first-order chi connectivity index (χ1) is 14.2. The van der Waals surface area contributed by atoms with Gasteiger partial charge in [-0.15, -0.1) is 0 Å². The third kappa shape index (κ3) is 5.70. The molecule has 3 aromatic carbocycles. The summed E-state index contributed by atoms with van der Waals surface area (Å²) in [6.45, 7) is 0.460. The summed E-state index contributed by atoms with van der Waals surface area (Å²) in [6.07, 6.45) is -4.51. The standard InChI is InChI=1S/C22H17ClF4N2S/c23-18-11-10-17(22(25,26)27)12-20(18)28-21(30)29(13-15-6-2-1-3-7-15)14-16-8-4-5-9-19(16)24/h1-12H,13-14H2,(H,28,30). The lowest BCUT2D eigenvalue weighted by molar-refractivity contribution is -0.137. The van der Waals surface area contributed by atoms with Gasteiger partial charge in [-0.3, -0.25) is 0 Å². The SMILES string of the molecule is Fc1ccccc1CN(Cc1ccccc1)C(=S)Nc1cc(C(F)(F)F)ccc1Cl. The van der Waals surface area contributed by atoms with Crippen LogP contribution in [0.25, 0.3) is 0 Å². The van der Waals surface area contributed by atoms with Gasteiger partial charge in [0, 0.05) is 18.7 Å². The minimum absolute atomic E-state index is 0.0306. The molecule has 0 aliphatic rings. The zero-order valence-corrected chi connectivity index (χ0v) is 17.2. The number of halogens is 5. The summed E-state index contributed by atoms with van der Waals surface area (Å²) in [7, 11) is 0. The van der Waals surface area contributed by atoms with Gasteiger partial charge >= 0.3 is 6.18 Å². The van der Waals surface area contributed by atoms with Gasteiger partial charge < -0.3 is 10.2 Å². The molecule has 3 aromatic rings. The molecule has 3 rings (SSSR count). The predicted molar refractivity (Wildman–Crippen MR) is 115 cm³/mol. The van der Waals surface area contributed by atoms with E-state index in [2.05, 4.69) is 5.32 Å². The fourth-order valence-electron chi connectivity index (χ4n) is 2.83. The lowest BCUT2D eigenvalue weighted by Gasteiger charge is -2.27. The highest BCUT2D eigenvalue weighted by atomic mass is 35.5. The molecule has 0 saturated carbocycles. The zero-order valence-electron chi connectivity index (χ0n) is 15.6. The van der Waals surface area contributed by atoms with Crippen LogP contribution in [0.1, 0.15) is 16.7 Å². The van der Waals surface area contributed by atoms with Crippen molar-refractivity contribution >= 4 is 34.6 Å². The summed E-state index contributed by atoms with van der Waals surface area (Å²) in [5, 5.41) is 3.01. The van der Waals surface area contributed by atoms with Gasteiger partial charge in [0.15, 0.2) is 5.11 Å². The smallest absolute Gasteiger partial charge is 0.340 e. The number of rotatable bonds is 5. The molecule has 0 aliphatic heterocycles. The highest BCUT2D eigenvalue weighted by Gasteiger charge is 2.31. The summed E-state index contributed by atoms with van der Waals surface area (Å²) >= 11 is 11.5. The molecule has 0 bridgehead atoms. The third-order valence-electron chi connectivity index (χ3n) is 4.36. The summed E-state index contributed by atoms with van der Waals surface area (Å²) in [4.78, 5) is 1.67. The molecule has 0 saturated heterocycles. The number of thiocarbonyl (C=S) groups is 1. The van der Waals surface area contributed by atoms with E-state index in [1.54, 1.807) is 23.1 Å². The highest BCUT2D eigenvalue weighted by Crippen LogP contribution is 2.34. The quantitative estimate of drug-likeness (QED) is 0.335. The molecular formula is C22H17ClF4N2S. The Balaban J connectivity index is 1.87. The second-order valence-corrected chi connectivity index (χ2v) is 7.35. The second-order valence-electron chi connectivity index (χ2n) is 6.56. The van der Waals surface area contributed by atoms with Gasteiger partial charge in [-0.1, -0.05) is 60.1 Å². The summed E-state index contributed by atoms with van der Waals surface area (Å²) in [5.41, 5.74) is 0.504. The summed E-state index contributed by atoms with van der Waals surface area (Å²) in [5.74, 6) is -0.393. The van der Waals surface area contributed by atoms with Crippen LogP contribution in [-0.4, -0.2) is 10.0 Å². The van der Waals surface area contributed by atoms with E-state index in [4.69, 9.17) is 23.8 Å². The van der Waals surface area contributed by atoms with Crippen molar-refractivity contribution in [1.29, 1.82) is 0 Å². The van der Waals surface area contributed by atoms with E-state index in [0.717, 1.165) is 23.8 Å². The van der Waals surface area contributed by atoms with E-state index in [-0.39, 0.29) is 22.4 Å². The molecule has 30 heavy (non-hydrogen) atoms. The number of hydrogen-bond acceptors (Lipinski definition) is 1. The Bertz CT molecular complexity index is 1030. The molecule has 0 radical (unpaired) electrons. The lowest BCUT2D eigenvalue weighted by Crippen LogP contribution is -2.34. The monoisotopic (exact) mass is 452 g/mol. The van der Waals surface area contributed by atoms with E-state index in [1.165, 1.54) is 6.07 Å². The van der Waals surface area contributed by atoms with Gasteiger partial charge in [0.25, 0.3) is 0 Å². The zero-order chi connectivity index (χ0) is 21.7. The van der Waals surface area contributed by atoms with Crippen LogP contribution in [0, 0.1) is 5.82 Å². The van der Waals surface area contributed by atoms with Crippen LogP contribution in [0.4, 0.5) is 23.2 Å². The molecule has 0 amide bonds. The van der Waals surface area contributed by atoms with E-state index in [0.29, 0.717) is 12.1 Å². The van der Waals surface area contributed by atoms with Gasteiger partial charge in [0.05, 0.1) is 16.3 Å². The van der Waals surface area contributed by atoms with E-state index < -0.39 is 17.6 Å². The maximum atomic E-state index is 14.2. The van der Waals surface area contributed by atoms with Gasteiger partial charge in [-0.25, -0.2) is 4.39 Å². The van der Waals surface area contributed by atoms with Crippen LogP contribution in [0.15, 0.2) is 72.8 Å². The number of nitrogens with one attached hydrogen (secondary N) is 1. The van der Waals surface area contributed by atoms with Crippen molar-refractivity contribution in [1.82, 2.24) is 4.90 Å². The van der Waals surface area contributed by atoms with Crippen LogP contribution in [0.5, 0.6) is 0 Å². The molecule has 8 heteroatoms. The first-order valence-electron chi connectivity index (χ1n) is 8.94. The lowest BCUT2D eigenvalue weighted by atomic mass is 10.1. The molecule has 156 valence electrons. The van der Waals surface area contributed by atoms with E-state index in [1.807, 2.05) is 30.3 Å². The number of nitrogens with zero attached hydrogens (tertiary/aromatic N) is 1.